The number of hydrogen-bond acceptors (Lipinski definition) is 2. The Labute approximate surface area is 89.7 Å². The highest BCUT2D eigenvalue weighted by Gasteiger charge is 2.48. The molecule has 0 aromatic heterocycles. The summed E-state index contributed by atoms with van der Waals surface area (Å²) in [5.41, 5.74) is 7.32. The second-order valence-electron chi connectivity index (χ2n) is 4.31. The molecule has 0 spiro atoms. The smallest absolute Gasteiger partial charge is 0.231 e. The van der Waals surface area contributed by atoms with Gasteiger partial charge in [0.1, 0.15) is 0 Å². The first-order chi connectivity index (χ1) is 7.16. The second kappa shape index (κ2) is 3.66. The van der Waals surface area contributed by atoms with Gasteiger partial charge in [-0.3, -0.25) is 4.79 Å². The third kappa shape index (κ3) is 2.02. The van der Waals surface area contributed by atoms with E-state index in [2.05, 4.69) is 5.32 Å². The number of carbonyl (C=O) groups is 1. The number of nitrogens with one attached hydrogen (secondary N) is 1. The lowest BCUT2D eigenvalue weighted by Gasteiger charge is -2.12. The van der Waals surface area contributed by atoms with Crippen molar-refractivity contribution in [3.05, 3.63) is 29.8 Å². The highest BCUT2D eigenvalue weighted by molar-refractivity contribution is 5.97. The largest absolute Gasteiger partial charge is 0.329 e. The van der Waals surface area contributed by atoms with Gasteiger partial charge in [-0.2, -0.15) is 0 Å². The van der Waals surface area contributed by atoms with Gasteiger partial charge < -0.3 is 11.1 Å². The van der Waals surface area contributed by atoms with Crippen molar-refractivity contribution >= 4 is 11.6 Å². The number of benzene rings is 1. The Kier molecular flexibility index (Phi) is 2.49. The molecule has 1 aliphatic carbocycles. The molecule has 0 atom stereocenters. The summed E-state index contributed by atoms with van der Waals surface area (Å²) in [6, 6.07) is 7.81. The van der Waals surface area contributed by atoms with Gasteiger partial charge in [-0.05, 0) is 37.5 Å². The van der Waals surface area contributed by atoms with E-state index in [0.29, 0.717) is 6.54 Å². The average Bonchev–Trinajstić information content (AvgIpc) is 2.98. The van der Waals surface area contributed by atoms with Crippen molar-refractivity contribution in [2.45, 2.75) is 19.8 Å². The normalized spacial score (nSPS) is 17.2. The molecule has 0 bridgehead atoms. The van der Waals surface area contributed by atoms with Crippen LogP contribution in [-0.2, 0) is 4.79 Å². The van der Waals surface area contributed by atoms with Gasteiger partial charge in [-0.1, -0.05) is 12.1 Å². The molecule has 2 rings (SSSR count). The van der Waals surface area contributed by atoms with E-state index in [1.807, 2.05) is 31.2 Å². The Morgan fingerprint density at radius 2 is 2.27 bits per heavy atom. The van der Waals surface area contributed by atoms with Gasteiger partial charge in [0.25, 0.3) is 0 Å². The minimum atomic E-state index is -0.274. The predicted molar refractivity (Wildman–Crippen MR) is 60.5 cm³/mol. The first kappa shape index (κ1) is 10.2. The molecule has 0 saturated heterocycles. The van der Waals surface area contributed by atoms with Crippen LogP contribution in [0.25, 0.3) is 0 Å². The summed E-state index contributed by atoms with van der Waals surface area (Å²) in [5.74, 6) is 0.0654. The molecular weight excluding hydrogens is 188 g/mol. The van der Waals surface area contributed by atoms with Gasteiger partial charge >= 0.3 is 0 Å². The molecule has 1 aromatic rings. The zero-order chi connectivity index (χ0) is 10.9. The maximum atomic E-state index is 11.8. The molecule has 1 amide bonds. The van der Waals surface area contributed by atoms with Crippen molar-refractivity contribution in [1.29, 1.82) is 0 Å². The fraction of sp³-hybridized carbons (Fsp3) is 0.417. The molecule has 1 aliphatic rings. The molecule has 3 N–H and O–H groups in total. The summed E-state index contributed by atoms with van der Waals surface area (Å²) in [4.78, 5) is 11.8. The van der Waals surface area contributed by atoms with Crippen LogP contribution >= 0.6 is 0 Å². The third-order valence-electron chi connectivity index (χ3n) is 3.00. The maximum absolute atomic E-state index is 11.8. The van der Waals surface area contributed by atoms with Crippen LogP contribution in [0.1, 0.15) is 18.4 Å². The lowest BCUT2D eigenvalue weighted by molar-refractivity contribution is -0.120. The minimum Gasteiger partial charge on any atom is -0.329 e. The summed E-state index contributed by atoms with van der Waals surface area (Å²) < 4.78 is 0. The summed E-state index contributed by atoms with van der Waals surface area (Å²) >= 11 is 0. The van der Waals surface area contributed by atoms with Crippen molar-refractivity contribution in [2.24, 2.45) is 11.1 Å². The molecule has 0 heterocycles. The number of amides is 1. The fourth-order valence-corrected chi connectivity index (χ4v) is 1.66. The first-order valence-corrected chi connectivity index (χ1v) is 5.24. The molecule has 0 aliphatic heterocycles. The van der Waals surface area contributed by atoms with Crippen LogP contribution in [0.5, 0.6) is 0 Å². The summed E-state index contributed by atoms with van der Waals surface area (Å²) in [6.45, 7) is 2.45. The topological polar surface area (TPSA) is 55.1 Å². The number of aryl methyl sites for hydroxylation is 1. The molecule has 3 heteroatoms. The van der Waals surface area contributed by atoms with Crippen molar-refractivity contribution in [2.75, 3.05) is 11.9 Å². The average molecular weight is 204 g/mol. The highest BCUT2D eigenvalue weighted by Crippen LogP contribution is 2.45. The Bertz CT molecular complexity index is 383. The van der Waals surface area contributed by atoms with E-state index in [0.717, 1.165) is 24.1 Å². The maximum Gasteiger partial charge on any atom is 0.231 e. The van der Waals surface area contributed by atoms with E-state index in [9.17, 15) is 4.79 Å². The van der Waals surface area contributed by atoms with Gasteiger partial charge in [-0.15, -0.1) is 0 Å². The minimum absolute atomic E-state index is 0.0654. The van der Waals surface area contributed by atoms with E-state index in [4.69, 9.17) is 5.73 Å². The number of anilines is 1. The molecule has 3 nitrogen and oxygen atoms in total. The fourth-order valence-electron chi connectivity index (χ4n) is 1.66. The molecule has 0 radical (unpaired) electrons. The lowest BCUT2D eigenvalue weighted by Crippen LogP contribution is -2.30. The van der Waals surface area contributed by atoms with Gasteiger partial charge in [0.05, 0.1) is 5.41 Å². The number of hydrogen-bond donors (Lipinski definition) is 2. The first-order valence-electron chi connectivity index (χ1n) is 5.24. The summed E-state index contributed by atoms with van der Waals surface area (Å²) in [6.07, 6.45) is 1.84. The Balaban J connectivity index is 2.06. The Morgan fingerprint density at radius 3 is 2.80 bits per heavy atom. The van der Waals surface area contributed by atoms with Gasteiger partial charge in [-0.25, -0.2) is 0 Å². The van der Waals surface area contributed by atoms with Crippen LogP contribution in [0.15, 0.2) is 24.3 Å². The van der Waals surface area contributed by atoms with Crippen LogP contribution in [0, 0.1) is 12.3 Å². The van der Waals surface area contributed by atoms with E-state index in [1.165, 1.54) is 0 Å². The predicted octanol–water partition coefficient (Wildman–Crippen LogP) is 1.67. The summed E-state index contributed by atoms with van der Waals surface area (Å²) in [7, 11) is 0. The van der Waals surface area contributed by atoms with Gasteiger partial charge in [0.15, 0.2) is 0 Å². The van der Waals surface area contributed by atoms with E-state index < -0.39 is 0 Å². The molecule has 15 heavy (non-hydrogen) atoms. The molecule has 0 unspecified atom stereocenters. The number of nitrogens with two attached hydrogens (primary N) is 1. The van der Waals surface area contributed by atoms with Crippen molar-refractivity contribution in [1.82, 2.24) is 0 Å². The van der Waals surface area contributed by atoms with Gasteiger partial charge in [0, 0.05) is 12.2 Å². The van der Waals surface area contributed by atoms with Crippen LogP contribution < -0.4 is 11.1 Å². The molecule has 1 saturated carbocycles. The molecule has 1 aromatic carbocycles. The van der Waals surface area contributed by atoms with Crippen LogP contribution in [0.3, 0.4) is 0 Å². The monoisotopic (exact) mass is 204 g/mol. The van der Waals surface area contributed by atoms with Gasteiger partial charge in [0.2, 0.25) is 5.91 Å². The zero-order valence-corrected chi connectivity index (χ0v) is 8.92. The van der Waals surface area contributed by atoms with Crippen molar-refractivity contribution in [3.8, 4) is 0 Å². The van der Waals surface area contributed by atoms with Crippen LogP contribution in [-0.4, -0.2) is 12.5 Å². The Hall–Kier alpha value is -1.35. The van der Waals surface area contributed by atoms with Crippen molar-refractivity contribution < 1.29 is 4.79 Å². The number of carbonyl (C=O) groups excluding carboxylic acids is 1. The lowest BCUT2D eigenvalue weighted by atomic mass is 10.1. The molecular formula is C12H16N2O. The van der Waals surface area contributed by atoms with E-state index in [-0.39, 0.29) is 11.3 Å². The highest BCUT2D eigenvalue weighted by atomic mass is 16.2. The molecule has 80 valence electrons. The van der Waals surface area contributed by atoms with E-state index >= 15 is 0 Å². The summed E-state index contributed by atoms with van der Waals surface area (Å²) in [5, 5.41) is 2.92. The SMILES string of the molecule is Cc1cccc(NC(=O)C2(CN)CC2)c1. The van der Waals surface area contributed by atoms with Crippen molar-refractivity contribution in [3.63, 3.8) is 0 Å². The standard InChI is InChI=1S/C12H16N2O/c1-9-3-2-4-10(7-9)14-11(15)12(8-13)5-6-12/h2-4,7H,5-6,8,13H2,1H3,(H,14,15). The zero-order valence-electron chi connectivity index (χ0n) is 8.92. The van der Waals surface area contributed by atoms with Crippen LogP contribution in [0.2, 0.25) is 0 Å². The Morgan fingerprint density at radius 1 is 1.53 bits per heavy atom. The second-order valence-corrected chi connectivity index (χ2v) is 4.31. The quantitative estimate of drug-likeness (QED) is 0.787. The van der Waals surface area contributed by atoms with Crippen LogP contribution in [0.4, 0.5) is 5.69 Å². The third-order valence-corrected chi connectivity index (χ3v) is 3.00. The number of rotatable bonds is 3. The van der Waals surface area contributed by atoms with E-state index in [1.54, 1.807) is 0 Å². The molecule has 1 fully saturated rings.